The summed E-state index contributed by atoms with van der Waals surface area (Å²) in [6, 6.07) is 2.79. The summed E-state index contributed by atoms with van der Waals surface area (Å²) in [4.78, 5) is 2.73. The summed E-state index contributed by atoms with van der Waals surface area (Å²) in [6.07, 6.45) is 24.7. The molecular weight excluding hydrogens is 394 g/mol. The molecule has 2 nitrogen and oxygen atoms in total. The Hall–Kier alpha value is -0.903. The first-order valence-corrected chi connectivity index (χ1v) is 16.0. The van der Waals surface area contributed by atoms with Crippen molar-refractivity contribution in [3.05, 3.63) is 48.6 Å². The highest BCUT2D eigenvalue weighted by molar-refractivity contribution is 6.79. The van der Waals surface area contributed by atoms with E-state index in [0.29, 0.717) is 23.9 Å². The van der Waals surface area contributed by atoms with Gasteiger partial charge in [0, 0.05) is 24.6 Å². The van der Waals surface area contributed by atoms with Crippen LogP contribution in [0.4, 0.5) is 0 Å². The van der Waals surface area contributed by atoms with Crippen LogP contribution in [0.3, 0.4) is 0 Å². The molecule has 0 aromatic carbocycles. The van der Waals surface area contributed by atoms with Crippen LogP contribution in [0.5, 0.6) is 0 Å². The van der Waals surface area contributed by atoms with Crippen molar-refractivity contribution in [1.82, 2.24) is 4.90 Å². The molecule has 4 aliphatic rings. The molecule has 0 aromatic heterocycles. The predicted octanol–water partition coefficient (Wildman–Crippen LogP) is 6.85. The quantitative estimate of drug-likeness (QED) is 0.303. The topological polar surface area (TPSA) is 12.5 Å². The molecule has 7 atom stereocenters. The van der Waals surface area contributed by atoms with Crippen LogP contribution in [-0.2, 0) is 4.74 Å². The van der Waals surface area contributed by atoms with Crippen LogP contribution in [0.25, 0.3) is 0 Å². The van der Waals surface area contributed by atoms with Crippen LogP contribution in [-0.4, -0.2) is 44.3 Å². The number of unbranched alkanes of at least 4 members (excludes halogenated alkanes) is 3. The van der Waals surface area contributed by atoms with Crippen LogP contribution in [0.2, 0.25) is 24.7 Å². The van der Waals surface area contributed by atoms with E-state index in [1.54, 1.807) is 0 Å². The number of likely N-dealkylation sites (N-methyl/N-ethyl adjacent to an activating group) is 1. The highest BCUT2D eigenvalue weighted by Gasteiger charge is 2.62. The molecule has 0 radical (unpaired) electrons. The van der Waals surface area contributed by atoms with E-state index in [9.17, 15) is 0 Å². The zero-order valence-corrected chi connectivity index (χ0v) is 21.8. The van der Waals surface area contributed by atoms with E-state index in [1.807, 2.05) is 0 Å². The maximum atomic E-state index is 5.90. The standard InChI is InChI=1S/C28H45NOSi/c1-28(2,3)30-19-13-7-8-14-20-31(5,6)27-22-16-10-9-15-21(22)26-25(27)23-17-11-12-18-24(23)29(26)4/h9-12,15-18,21-27H,7-8,13-14,19-20H2,1-6H3. The fourth-order valence-corrected chi connectivity index (χ4v) is 11.6. The molecule has 1 aliphatic heterocycles. The molecule has 3 heteroatoms. The Morgan fingerprint density at radius 3 is 2.13 bits per heavy atom. The molecule has 1 saturated carbocycles. The van der Waals surface area contributed by atoms with Crippen molar-refractivity contribution in [1.29, 1.82) is 0 Å². The van der Waals surface area contributed by atoms with E-state index in [4.69, 9.17) is 4.74 Å². The smallest absolute Gasteiger partial charge is 0.0598 e. The third-order valence-corrected chi connectivity index (χ3v) is 12.7. The van der Waals surface area contributed by atoms with Crippen molar-refractivity contribution in [3.8, 4) is 0 Å². The van der Waals surface area contributed by atoms with Crippen LogP contribution in [0, 0.1) is 23.7 Å². The maximum Gasteiger partial charge on any atom is 0.0598 e. The summed E-state index contributed by atoms with van der Waals surface area (Å²) in [5.41, 5.74) is 0.892. The lowest BCUT2D eigenvalue weighted by molar-refractivity contribution is -0.00471. The van der Waals surface area contributed by atoms with Crippen LogP contribution in [0.15, 0.2) is 48.6 Å². The van der Waals surface area contributed by atoms with Gasteiger partial charge in [0.1, 0.15) is 0 Å². The Labute approximate surface area is 192 Å². The second-order valence-corrected chi connectivity index (χ2v) is 17.3. The number of nitrogens with zero attached hydrogens (tertiary/aromatic N) is 1. The Kier molecular flexibility index (Phi) is 6.87. The SMILES string of the molecule is CN1C2C=CC=CC2C2C1C1C=CC=CC1C2[Si](C)(C)CCCCCCOC(C)(C)C. The first-order chi connectivity index (χ1) is 14.7. The molecule has 0 amide bonds. The maximum absolute atomic E-state index is 5.90. The summed E-state index contributed by atoms with van der Waals surface area (Å²) in [6.45, 7) is 12.8. The summed E-state index contributed by atoms with van der Waals surface area (Å²) < 4.78 is 5.90. The lowest BCUT2D eigenvalue weighted by Gasteiger charge is -2.40. The molecule has 1 saturated heterocycles. The average molecular weight is 440 g/mol. The first-order valence-electron chi connectivity index (χ1n) is 12.8. The van der Waals surface area contributed by atoms with Gasteiger partial charge >= 0.3 is 0 Å². The monoisotopic (exact) mass is 439 g/mol. The van der Waals surface area contributed by atoms with Crippen LogP contribution in [0.1, 0.15) is 46.5 Å². The minimum Gasteiger partial charge on any atom is -0.376 e. The second kappa shape index (κ2) is 9.15. The molecule has 31 heavy (non-hydrogen) atoms. The van der Waals surface area contributed by atoms with Gasteiger partial charge < -0.3 is 4.74 Å². The molecule has 3 aliphatic carbocycles. The van der Waals surface area contributed by atoms with Crippen molar-refractivity contribution >= 4 is 8.07 Å². The Morgan fingerprint density at radius 1 is 0.806 bits per heavy atom. The van der Waals surface area contributed by atoms with Gasteiger partial charge in [-0.15, -0.1) is 0 Å². The lowest BCUT2D eigenvalue weighted by atomic mass is 9.84. The molecule has 172 valence electrons. The van der Waals surface area contributed by atoms with Gasteiger partial charge in [0.15, 0.2) is 0 Å². The van der Waals surface area contributed by atoms with Gasteiger partial charge in [-0.25, -0.2) is 0 Å². The van der Waals surface area contributed by atoms with Crippen molar-refractivity contribution in [2.75, 3.05) is 13.7 Å². The minimum atomic E-state index is -1.37. The Bertz CT molecular complexity index is 737. The Morgan fingerprint density at radius 2 is 1.42 bits per heavy atom. The lowest BCUT2D eigenvalue weighted by Crippen LogP contribution is -2.40. The third kappa shape index (κ3) is 4.75. The molecule has 0 bridgehead atoms. The third-order valence-electron chi connectivity index (χ3n) is 8.53. The molecule has 0 aromatic rings. The predicted molar refractivity (Wildman–Crippen MR) is 136 cm³/mol. The van der Waals surface area contributed by atoms with Gasteiger partial charge in [0.2, 0.25) is 0 Å². The van der Waals surface area contributed by atoms with Crippen molar-refractivity contribution in [3.63, 3.8) is 0 Å². The van der Waals surface area contributed by atoms with E-state index >= 15 is 0 Å². The molecule has 4 rings (SSSR count). The van der Waals surface area contributed by atoms with Gasteiger partial charge in [0.05, 0.1) is 13.7 Å². The fourth-order valence-electron chi connectivity index (χ4n) is 7.28. The van der Waals surface area contributed by atoms with E-state index < -0.39 is 8.07 Å². The van der Waals surface area contributed by atoms with E-state index in [2.05, 4.69) is 94.4 Å². The summed E-state index contributed by atoms with van der Waals surface area (Å²) in [5, 5.41) is 0. The summed E-state index contributed by atoms with van der Waals surface area (Å²) in [5.74, 6) is 2.99. The zero-order valence-electron chi connectivity index (χ0n) is 20.8. The normalized spacial score (nSPS) is 36.6. The van der Waals surface area contributed by atoms with Crippen molar-refractivity contribution in [2.24, 2.45) is 23.7 Å². The van der Waals surface area contributed by atoms with Gasteiger partial charge in [-0.05, 0) is 57.5 Å². The number of hydrogen-bond acceptors (Lipinski definition) is 2. The van der Waals surface area contributed by atoms with E-state index in [0.717, 1.165) is 24.0 Å². The summed E-state index contributed by atoms with van der Waals surface area (Å²) >= 11 is 0. The molecule has 0 N–H and O–H groups in total. The van der Waals surface area contributed by atoms with Crippen molar-refractivity contribution < 1.29 is 4.74 Å². The number of hydrogen-bond donors (Lipinski definition) is 0. The minimum absolute atomic E-state index is 0.00146. The zero-order chi connectivity index (χ0) is 22.2. The number of fused-ring (bicyclic) bond motifs is 5. The van der Waals surface area contributed by atoms with Gasteiger partial charge in [-0.2, -0.15) is 0 Å². The van der Waals surface area contributed by atoms with Crippen LogP contribution < -0.4 is 0 Å². The van der Waals surface area contributed by atoms with E-state index in [1.165, 1.54) is 31.7 Å². The van der Waals surface area contributed by atoms with E-state index in [-0.39, 0.29) is 5.60 Å². The largest absolute Gasteiger partial charge is 0.376 e. The summed E-state index contributed by atoms with van der Waals surface area (Å²) in [7, 11) is 1.02. The highest BCUT2D eigenvalue weighted by Crippen LogP contribution is 2.62. The van der Waals surface area contributed by atoms with Crippen LogP contribution >= 0.6 is 0 Å². The molecule has 1 heterocycles. The molecule has 7 unspecified atom stereocenters. The Balaban J connectivity index is 1.40. The molecule has 2 fully saturated rings. The molecule has 0 spiro atoms. The number of allylic oxidation sites excluding steroid dienone is 5. The number of rotatable bonds is 8. The highest BCUT2D eigenvalue weighted by atomic mass is 28.3. The van der Waals surface area contributed by atoms with Crippen molar-refractivity contribution in [2.45, 2.75) is 88.8 Å². The molecular formula is C28H45NOSi. The fraction of sp³-hybridized carbons (Fsp3) is 0.714. The van der Waals surface area contributed by atoms with Gasteiger partial charge in [-0.1, -0.05) is 87.0 Å². The number of likely N-dealkylation sites (tertiary alicyclic amines) is 1. The second-order valence-electron chi connectivity index (χ2n) is 12.1. The first kappa shape index (κ1) is 23.3. The van der Waals surface area contributed by atoms with Gasteiger partial charge in [0.25, 0.3) is 0 Å². The average Bonchev–Trinajstić information content (AvgIpc) is 3.20. The van der Waals surface area contributed by atoms with Gasteiger partial charge in [-0.3, -0.25) is 4.90 Å². The number of ether oxygens (including phenoxy) is 1.